The van der Waals surface area contributed by atoms with Crippen LogP contribution in [0.2, 0.25) is 0 Å². The number of rotatable bonds is 1. The summed E-state index contributed by atoms with van der Waals surface area (Å²) >= 11 is 2.05. The van der Waals surface area contributed by atoms with Crippen LogP contribution in [0.15, 0.2) is 11.8 Å². The molecule has 1 heterocycles. The molecule has 1 aliphatic heterocycles. The summed E-state index contributed by atoms with van der Waals surface area (Å²) in [5, 5.41) is 10.3. The molecular weight excluding hydrogens is 247 g/mol. The van der Waals surface area contributed by atoms with E-state index in [1.54, 1.807) is 14.4 Å². The Kier molecular flexibility index (Phi) is 2.14. The first-order chi connectivity index (χ1) is 4.61. The first-order valence-electron chi connectivity index (χ1n) is 2.71. The number of hydrazine groups is 1. The van der Waals surface area contributed by atoms with Crippen LogP contribution < -0.4 is 0 Å². The van der Waals surface area contributed by atoms with Crippen LogP contribution in [-0.4, -0.2) is 32.9 Å². The van der Waals surface area contributed by atoms with E-state index in [-0.39, 0.29) is 0 Å². The second kappa shape index (κ2) is 2.75. The highest BCUT2D eigenvalue weighted by molar-refractivity contribution is 14.1. The second-order valence-corrected chi connectivity index (χ2v) is 3.14. The number of aliphatic carboxylic acids is 1. The molecule has 0 aliphatic carbocycles. The predicted molar refractivity (Wildman–Crippen MR) is 44.2 cm³/mol. The lowest BCUT2D eigenvalue weighted by atomic mass is 10.3. The minimum absolute atomic E-state index is 0.428. The third-order valence-corrected chi connectivity index (χ3v) is 2.28. The maximum Gasteiger partial charge on any atom is 0.334 e. The molecule has 0 atom stereocenters. The lowest BCUT2D eigenvalue weighted by molar-refractivity contribution is -0.132. The zero-order valence-electron chi connectivity index (χ0n) is 5.41. The molecule has 0 unspecified atom stereocenters. The summed E-state index contributed by atoms with van der Waals surface area (Å²) in [5.41, 5.74) is 0.428. The molecule has 4 nitrogen and oxygen atoms in total. The summed E-state index contributed by atoms with van der Waals surface area (Å²) in [6, 6.07) is 0. The SMILES string of the molecule is CN1C=C(C(=O)O)CN1I. The minimum Gasteiger partial charge on any atom is -0.478 e. The summed E-state index contributed by atoms with van der Waals surface area (Å²) in [7, 11) is 1.81. The van der Waals surface area contributed by atoms with Gasteiger partial charge < -0.3 is 10.1 Å². The molecule has 0 aromatic carbocycles. The summed E-state index contributed by atoms with van der Waals surface area (Å²) < 4.78 is 1.79. The van der Waals surface area contributed by atoms with Crippen molar-refractivity contribution in [1.29, 1.82) is 0 Å². The molecule has 0 aromatic heterocycles. The largest absolute Gasteiger partial charge is 0.478 e. The highest BCUT2D eigenvalue weighted by atomic mass is 127. The van der Waals surface area contributed by atoms with Crippen molar-refractivity contribution in [3.63, 3.8) is 0 Å². The summed E-state index contributed by atoms with van der Waals surface area (Å²) in [6.07, 6.45) is 1.61. The Morgan fingerprint density at radius 2 is 2.50 bits per heavy atom. The van der Waals surface area contributed by atoms with Gasteiger partial charge in [0.05, 0.1) is 12.1 Å². The number of carboxylic acid groups (broad SMARTS) is 1. The van der Waals surface area contributed by atoms with Gasteiger partial charge in [-0.15, -0.1) is 0 Å². The zero-order valence-corrected chi connectivity index (χ0v) is 7.57. The van der Waals surface area contributed by atoms with Crippen molar-refractivity contribution in [1.82, 2.24) is 8.23 Å². The molecule has 1 rings (SSSR count). The van der Waals surface area contributed by atoms with Gasteiger partial charge in [-0.05, 0) is 0 Å². The van der Waals surface area contributed by atoms with Crippen molar-refractivity contribution in [2.75, 3.05) is 13.6 Å². The molecule has 0 saturated carbocycles. The highest BCUT2D eigenvalue weighted by Gasteiger charge is 2.20. The Balaban J connectivity index is 2.67. The maximum atomic E-state index is 10.4. The van der Waals surface area contributed by atoms with Gasteiger partial charge in [-0.3, -0.25) is 0 Å². The van der Waals surface area contributed by atoms with E-state index in [2.05, 4.69) is 22.9 Å². The molecular formula is C5H7IN2O2. The number of halogens is 1. The normalized spacial score (nSPS) is 19.4. The van der Waals surface area contributed by atoms with E-state index in [0.717, 1.165) is 0 Å². The quantitative estimate of drug-likeness (QED) is 0.545. The topological polar surface area (TPSA) is 43.8 Å². The molecule has 0 aromatic rings. The summed E-state index contributed by atoms with van der Waals surface area (Å²) in [6.45, 7) is 0.479. The molecule has 0 radical (unpaired) electrons. The van der Waals surface area contributed by atoms with Gasteiger partial charge in [-0.25, -0.2) is 4.79 Å². The minimum atomic E-state index is -0.842. The Bertz CT molecular complexity index is 192. The number of hydrogen-bond donors (Lipinski definition) is 1. The third-order valence-electron chi connectivity index (χ3n) is 1.26. The fourth-order valence-electron chi connectivity index (χ4n) is 0.704. The Hall–Kier alpha value is -0.300. The van der Waals surface area contributed by atoms with Crippen LogP contribution in [0.1, 0.15) is 0 Å². The zero-order chi connectivity index (χ0) is 7.72. The van der Waals surface area contributed by atoms with Crippen molar-refractivity contribution in [3.05, 3.63) is 11.8 Å². The maximum absolute atomic E-state index is 10.4. The monoisotopic (exact) mass is 254 g/mol. The fraction of sp³-hybridized carbons (Fsp3) is 0.400. The van der Waals surface area contributed by atoms with E-state index >= 15 is 0 Å². The first-order valence-corrected chi connectivity index (χ1v) is 3.68. The van der Waals surface area contributed by atoms with Crippen LogP contribution in [-0.2, 0) is 4.79 Å². The van der Waals surface area contributed by atoms with Gasteiger partial charge in [0, 0.05) is 36.1 Å². The smallest absolute Gasteiger partial charge is 0.334 e. The molecule has 1 aliphatic rings. The van der Waals surface area contributed by atoms with Crippen molar-refractivity contribution in [3.8, 4) is 0 Å². The predicted octanol–water partition coefficient (Wildman–Crippen LogP) is 0.467. The van der Waals surface area contributed by atoms with Gasteiger partial charge in [0.1, 0.15) is 0 Å². The fourth-order valence-corrected chi connectivity index (χ4v) is 1.20. The van der Waals surface area contributed by atoms with E-state index in [1.807, 2.05) is 7.05 Å². The van der Waals surface area contributed by atoms with Gasteiger partial charge in [0.25, 0.3) is 0 Å². The average Bonchev–Trinajstić information content (AvgIpc) is 2.13. The van der Waals surface area contributed by atoms with Crippen LogP contribution >= 0.6 is 22.9 Å². The van der Waals surface area contributed by atoms with Crippen LogP contribution in [0.25, 0.3) is 0 Å². The lowest BCUT2D eigenvalue weighted by Crippen LogP contribution is -2.21. The molecule has 5 heteroatoms. The summed E-state index contributed by atoms with van der Waals surface area (Å²) in [4.78, 5) is 10.4. The number of nitrogens with zero attached hydrogens (tertiary/aromatic N) is 2. The highest BCUT2D eigenvalue weighted by Crippen LogP contribution is 2.16. The average molecular weight is 254 g/mol. The Labute approximate surface area is 72.6 Å². The van der Waals surface area contributed by atoms with Gasteiger partial charge in [-0.2, -0.15) is 3.22 Å². The van der Waals surface area contributed by atoms with Crippen LogP contribution in [0.3, 0.4) is 0 Å². The number of hydrogen-bond acceptors (Lipinski definition) is 3. The summed E-state index contributed by atoms with van der Waals surface area (Å²) in [5.74, 6) is -0.842. The Morgan fingerprint density at radius 1 is 1.90 bits per heavy atom. The standard InChI is InChI=1S/C5H7IN2O2/c1-7-2-4(5(9)10)3-8(7)6/h2H,3H2,1H3,(H,9,10). The van der Waals surface area contributed by atoms with E-state index in [4.69, 9.17) is 5.11 Å². The molecule has 10 heavy (non-hydrogen) atoms. The molecule has 0 bridgehead atoms. The van der Waals surface area contributed by atoms with Crippen molar-refractivity contribution in [2.45, 2.75) is 0 Å². The molecule has 0 amide bonds. The van der Waals surface area contributed by atoms with Gasteiger partial charge in [-0.1, -0.05) is 0 Å². The van der Waals surface area contributed by atoms with Gasteiger partial charge in [0.2, 0.25) is 0 Å². The van der Waals surface area contributed by atoms with Crippen LogP contribution in [0, 0.1) is 0 Å². The van der Waals surface area contributed by atoms with Crippen molar-refractivity contribution < 1.29 is 9.90 Å². The lowest BCUT2D eigenvalue weighted by Gasteiger charge is -2.15. The van der Waals surface area contributed by atoms with Gasteiger partial charge >= 0.3 is 5.97 Å². The molecule has 0 saturated heterocycles. The number of carboxylic acids is 1. The third kappa shape index (κ3) is 1.40. The van der Waals surface area contributed by atoms with E-state index in [1.165, 1.54) is 0 Å². The van der Waals surface area contributed by atoms with Crippen molar-refractivity contribution >= 4 is 28.8 Å². The number of carbonyl (C=O) groups is 1. The second-order valence-electron chi connectivity index (χ2n) is 2.03. The Morgan fingerprint density at radius 3 is 2.70 bits per heavy atom. The van der Waals surface area contributed by atoms with Crippen molar-refractivity contribution in [2.24, 2.45) is 0 Å². The van der Waals surface area contributed by atoms with E-state index < -0.39 is 5.97 Å². The molecule has 1 N–H and O–H groups in total. The van der Waals surface area contributed by atoms with E-state index in [9.17, 15) is 4.79 Å². The molecule has 0 spiro atoms. The molecule has 0 fully saturated rings. The van der Waals surface area contributed by atoms with Gasteiger partial charge in [0.15, 0.2) is 0 Å². The van der Waals surface area contributed by atoms with Crippen LogP contribution in [0.5, 0.6) is 0 Å². The molecule has 56 valence electrons. The van der Waals surface area contributed by atoms with Crippen LogP contribution in [0.4, 0.5) is 0 Å². The first kappa shape index (κ1) is 7.80. The van der Waals surface area contributed by atoms with E-state index in [0.29, 0.717) is 12.1 Å².